The zero-order chi connectivity index (χ0) is 26.1. The highest BCUT2D eigenvalue weighted by molar-refractivity contribution is 6.23. The molecule has 1 atom stereocenters. The lowest BCUT2D eigenvalue weighted by atomic mass is 10.0. The van der Waals surface area contributed by atoms with E-state index in [-0.39, 0.29) is 11.8 Å². The molecule has 5 rings (SSSR count). The molecule has 2 aliphatic rings. The van der Waals surface area contributed by atoms with E-state index < -0.39 is 0 Å². The minimum atomic E-state index is -0.213. The van der Waals surface area contributed by atoms with E-state index in [1.165, 1.54) is 10.5 Å². The van der Waals surface area contributed by atoms with E-state index in [0.29, 0.717) is 30.3 Å². The van der Waals surface area contributed by atoms with E-state index in [1.54, 1.807) is 13.2 Å². The normalized spacial score (nSPS) is 16.9. The number of benzene rings is 2. The Morgan fingerprint density at radius 2 is 1.68 bits per heavy atom. The molecule has 1 aromatic heterocycles. The molecule has 2 aliphatic heterocycles. The second-order valence-corrected chi connectivity index (χ2v) is 10.0. The Bertz CT molecular complexity index is 1290. The highest BCUT2D eigenvalue weighted by atomic mass is 16.5. The predicted octanol–water partition coefficient (Wildman–Crippen LogP) is 3.56. The van der Waals surface area contributed by atoms with Gasteiger partial charge in [0.15, 0.2) is 0 Å². The van der Waals surface area contributed by atoms with Gasteiger partial charge in [-0.15, -0.1) is 0 Å². The molecule has 8 nitrogen and oxygen atoms in total. The highest BCUT2D eigenvalue weighted by Gasteiger charge is 2.38. The molecule has 194 valence electrons. The number of carbonyl (C=O) groups is 2. The summed E-state index contributed by atoms with van der Waals surface area (Å²) >= 11 is 0. The van der Waals surface area contributed by atoms with E-state index in [4.69, 9.17) is 4.74 Å². The van der Waals surface area contributed by atoms with E-state index >= 15 is 0 Å². The largest absolute Gasteiger partial charge is 0.497 e. The molecular weight excluding hydrogens is 466 g/mol. The van der Waals surface area contributed by atoms with Crippen molar-refractivity contribution in [3.05, 3.63) is 76.6 Å². The Balaban J connectivity index is 1.23. The molecule has 0 spiro atoms. The minimum Gasteiger partial charge on any atom is -0.497 e. The lowest BCUT2D eigenvalue weighted by Gasteiger charge is -2.39. The third-order valence-corrected chi connectivity index (χ3v) is 7.58. The van der Waals surface area contributed by atoms with Crippen LogP contribution < -0.4 is 9.64 Å². The van der Waals surface area contributed by atoms with Gasteiger partial charge < -0.3 is 9.64 Å². The van der Waals surface area contributed by atoms with Gasteiger partial charge in [-0.25, -0.2) is 0 Å². The van der Waals surface area contributed by atoms with Gasteiger partial charge in [-0.1, -0.05) is 18.2 Å². The fourth-order valence-corrected chi connectivity index (χ4v) is 5.51. The van der Waals surface area contributed by atoms with Crippen molar-refractivity contribution in [2.45, 2.75) is 39.8 Å². The van der Waals surface area contributed by atoms with Crippen LogP contribution in [-0.4, -0.2) is 77.3 Å². The maximum atomic E-state index is 13.4. The van der Waals surface area contributed by atoms with E-state index in [2.05, 4.69) is 34.0 Å². The number of amides is 2. The van der Waals surface area contributed by atoms with Gasteiger partial charge in [-0.2, -0.15) is 5.10 Å². The van der Waals surface area contributed by atoms with Gasteiger partial charge in [-0.05, 0) is 63.1 Å². The number of imide groups is 1. The number of carbonyl (C=O) groups excluding carboxylic acids is 2. The average molecular weight is 502 g/mol. The molecule has 37 heavy (non-hydrogen) atoms. The Labute approximate surface area is 218 Å². The summed E-state index contributed by atoms with van der Waals surface area (Å²) in [7, 11) is 1.68. The third-order valence-electron chi connectivity index (χ3n) is 7.58. The van der Waals surface area contributed by atoms with Gasteiger partial charge in [0.1, 0.15) is 5.75 Å². The topological polar surface area (TPSA) is 70.9 Å². The van der Waals surface area contributed by atoms with Crippen LogP contribution in [-0.2, 0) is 13.0 Å². The van der Waals surface area contributed by atoms with Gasteiger partial charge in [0, 0.05) is 44.5 Å². The fourth-order valence-electron chi connectivity index (χ4n) is 5.51. The molecule has 1 fully saturated rings. The van der Waals surface area contributed by atoms with Crippen molar-refractivity contribution in [1.29, 1.82) is 0 Å². The first-order valence-electron chi connectivity index (χ1n) is 13.0. The maximum Gasteiger partial charge on any atom is 0.263 e. The third kappa shape index (κ3) is 4.98. The number of anilines is 1. The Kier molecular flexibility index (Phi) is 7.02. The van der Waals surface area contributed by atoms with Crippen molar-refractivity contribution in [3.63, 3.8) is 0 Å². The zero-order valence-electron chi connectivity index (χ0n) is 22.1. The number of aryl methyl sites for hydroxylation is 2. The maximum absolute atomic E-state index is 13.4. The van der Waals surface area contributed by atoms with Gasteiger partial charge in [0.05, 0.1) is 36.2 Å². The molecule has 3 heterocycles. The molecule has 2 amide bonds. The standard InChI is InChI=1S/C29H35N5O3/c1-20-18-22(3)34(30-20)17-16-33-28(35)25-6-5-7-26(27(25)29(33)36)32-14-12-31(13-15-32)21(2)19-23-8-10-24(37-4)11-9-23/h5-11,18,21H,12-17,19H2,1-4H3. The zero-order valence-corrected chi connectivity index (χ0v) is 22.1. The van der Waals surface area contributed by atoms with Crippen LogP contribution in [0.5, 0.6) is 5.75 Å². The van der Waals surface area contributed by atoms with Gasteiger partial charge in [0.2, 0.25) is 0 Å². The number of hydrogen-bond donors (Lipinski definition) is 0. The van der Waals surface area contributed by atoms with Crippen LogP contribution in [0.25, 0.3) is 0 Å². The number of fused-ring (bicyclic) bond motifs is 1. The molecule has 3 aromatic rings. The molecular formula is C29H35N5O3. The fraction of sp³-hybridized carbons (Fsp3) is 0.414. The molecule has 1 saturated heterocycles. The summed E-state index contributed by atoms with van der Waals surface area (Å²) < 4.78 is 7.12. The molecule has 0 saturated carbocycles. The van der Waals surface area contributed by atoms with Crippen molar-refractivity contribution in [3.8, 4) is 5.75 Å². The minimum absolute atomic E-state index is 0.201. The van der Waals surface area contributed by atoms with Crippen LogP contribution in [0.2, 0.25) is 0 Å². The average Bonchev–Trinajstić information content (AvgIpc) is 3.36. The molecule has 1 unspecified atom stereocenters. The van der Waals surface area contributed by atoms with Crippen molar-refractivity contribution < 1.29 is 14.3 Å². The first kappa shape index (κ1) is 25.0. The number of ether oxygens (including phenoxy) is 1. The Morgan fingerprint density at radius 3 is 2.32 bits per heavy atom. The second-order valence-electron chi connectivity index (χ2n) is 10.0. The van der Waals surface area contributed by atoms with Gasteiger partial charge in [-0.3, -0.25) is 24.1 Å². The van der Waals surface area contributed by atoms with Crippen LogP contribution >= 0.6 is 0 Å². The van der Waals surface area contributed by atoms with Crippen LogP contribution in [0.3, 0.4) is 0 Å². The van der Waals surface area contributed by atoms with Crippen LogP contribution in [0.1, 0.15) is 44.6 Å². The van der Waals surface area contributed by atoms with Crippen molar-refractivity contribution >= 4 is 17.5 Å². The number of piperazine rings is 1. The summed E-state index contributed by atoms with van der Waals surface area (Å²) in [6.07, 6.45) is 0.974. The first-order valence-corrected chi connectivity index (χ1v) is 13.0. The van der Waals surface area contributed by atoms with E-state index in [0.717, 1.165) is 55.4 Å². The summed E-state index contributed by atoms with van der Waals surface area (Å²) in [6.45, 7) is 10.4. The number of methoxy groups -OCH3 is 1. The second kappa shape index (κ2) is 10.4. The summed E-state index contributed by atoms with van der Waals surface area (Å²) in [5.41, 5.74) is 5.16. The summed E-state index contributed by atoms with van der Waals surface area (Å²) in [6, 6.07) is 16.3. The quantitative estimate of drug-likeness (QED) is 0.440. The predicted molar refractivity (Wildman–Crippen MR) is 143 cm³/mol. The molecule has 0 aliphatic carbocycles. The molecule has 0 radical (unpaired) electrons. The van der Waals surface area contributed by atoms with Gasteiger partial charge >= 0.3 is 0 Å². The lowest BCUT2D eigenvalue weighted by molar-refractivity contribution is 0.0647. The molecule has 0 N–H and O–H groups in total. The first-order chi connectivity index (χ1) is 17.9. The van der Waals surface area contributed by atoms with Crippen LogP contribution in [0.4, 0.5) is 5.69 Å². The summed E-state index contributed by atoms with van der Waals surface area (Å²) in [5, 5.41) is 4.47. The summed E-state index contributed by atoms with van der Waals surface area (Å²) in [4.78, 5) is 32.7. The number of aromatic nitrogens is 2. The molecule has 2 aromatic carbocycles. The Hall–Kier alpha value is -3.65. The smallest absolute Gasteiger partial charge is 0.263 e. The van der Waals surface area contributed by atoms with Gasteiger partial charge in [0.25, 0.3) is 11.8 Å². The van der Waals surface area contributed by atoms with E-state index in [1.807, 2.05) is 48.9 Å². The number of rotatable bonds is 8. The highest BCUT2D eigenvalue weighted by Crippen LogP contribution is 2.32. The van der Waals surface area contributed by atoms with Crippen molar-refractivity contribution in [1.82, 2.24) is 19.6 Å². The van der Waals surface area contributed by atoms with Crippen LogP contribution in [0.15, 0.2) is 48.5 Å². The number of hydrogen-bond acceptors (Lipinski definition) is 6. The monoisotopic (exact) mass is 501 g/mol. The van der Waals surface area contributed by atoms with Crippen LogP contribution in [0, 0.1) is 13.8 Å². The lowest BCUT2D eigenvalue weighted by Crippen LogP contribution is -2.50. The van der Waals surface area contributed by atoms with Crippen molar-refractivity contribution in [2.75, 3.05) is 44.7 Å². The Morgan fingerprint density at radius 1 is 0.946 bits per heavy atom. The van der Waals surface area contributed by atoms with E-state index in [9.17, 15) is 9.59 Å². The SMILES string of the molecule is COc1ccc(CC(C)N2CCN(c3cccc4c3C(=O)N(CCn3nc(C)cc3C)C4=O)CC2)cc1. The van der Waals surface area contributed by atoms with Crippen molar-refractivity contribution in [2.24, 2.45) is 0 Å². The summed E-state index contributed by atoms with van der Waals surface area (Å²) in [5.74, 6) is 0.459. The molecule has 0 bridgehead atoms. The number of nitrogens with zero attached hydrogens (tertiary/aromatic N) is 5. The molecule has 8 heteroatoms.